The number of halogens is 3. The highest BCUT2D eigenvalue weighted by molar-refractivity contribution is 5.86. The van der Waals surface area contributed by atoms with Crippen molar-refractivity contribution in [3.8, 4) is 0 Å². The van der Waals surface area contributed by atoms with Crippen molar-refractivity contribution >= 4 is 10.9 Å². The molecule has 0 saturated heterocycles. The SMILES string of the molecule is Cc1ccc2c(c1)c1c3n2CCCN(Cc2ccc(C(F)(F)F)cc2)[C@H]3CCC1. The van der Waals surface area contributed by atoms with Crippen LogP contribution in [0, 0.1) is 6.92 Å². The zero-order valence-corrected chi connectivity index (χ0v) is 16.6. The maximum absolute atomic E-state index is 12.9. The molecule has 1 atom stereocenters. The summed E-state index contributed by atoms with van der Waals surface area (Å²) in [6, 6.07) is 12.8. The van der Waals surface area contributed by atoms with Gasteiger partial charge in [-0.25, -0.2) is 0 Å². The van der Waals surface area contributed by atoms with Gasteiger partial charge in [-0.05, 0) is 68.0 Å². The van der Waals surface area contributed by atoms with Crippen LogP contribution in [0.1, 0.15) is 53.3 Å². The summed E-state index contributed by atoms with van der Waals surface area (Å²) >= 11 is 0. The summed E-state index contributed by atoms with van der Waals surface area (Å²) < 4.78 is 41.2. The van der Waals surface area contributed by atoms with Crippen molar-refractivity contribution in [2.45, 2.75) is 57.9 Å². The van der Waals surface area contributed by atoms with E-state index in [0.717, 1.165) is 44.3 Å². The Bertz CT molecular complexity index is 1040. The molecule has 0 amide bonds. The van der Waals surface area contributed by atoms with E-state index in [0.29, 0.717) is 12.6 Å². The second-order valence-electron chi connectivity index (χ2n) is 8.46. The van der Waals surface area contributed by atoms with Gasteiger partial charge in [-0.15, -0.1) is 0 Å². The minimum absolute atomic E-state index is 0.344. The molecule has 0 radical (unpaired) electrons. The molecule has 0 saturated carbocycles. The molecule has 2 aliphatic rings. The fourth-order valence-corrected chi connectivity index (χ4v) is 5.22. The fraction of sp³-hybridized carbons (Fsp3) is 0.417. The maximum Gasteiger partial charge on any atom is 0.416 e. The summed E-state index contributed by atoms with van der Waals surface area (Å²) in [6.07, 6.45) is 0.170. The largest absolute Gasteiger partial charge is 0.416 e. The first kappa shape index (κ1) is 18.7. The predicted molar refractivity (Wildman–Crippen MR) is 109 cm³/mol. The van der Waals surface area contributed by atoms with Crippen LogP contribution in [0.15, 0.2) is 42.5 Å². The van der Waals surface area contributed by atoms with Crippen LogP contribution < -0.4 is 0 Å². The van der Waals surface area contributed by atoms with Crippen LogP contribution in [0.5, 0.6) is 0 Å². The molecule has 3 aromatic rings. The van der Waals surface area contributed by atoms with Crippen molar-refractivity contribution in [3.05, 3.63) is 70.4 Å². The maximum atomic E-state index is 12.9. The van der Waals surface area contributed by atoms with Gasteiger partial charge in [0, 0.05) is 36.2 Å². The Balaban J connectivity index is 1.50. The number of hydrogen-bond acceptors (Lipinski definition) is 1. The summed E-state index contributed by atoms with van der Waals surface area (Å²) in [4.78, 5) is 2.48. The van der Waals surface area contributed by atoms with Gasteiger partial charge in [-0.2, -0.15) is 13.2 Å². The van der Waals surface area contributed by atoms with Gasteiger partial charge in [-0.3, -0.25) is 4.90 Å². The van der Waals surface area contributed by atoms with Crippen molar-refractivity contribution < 1.29 is 13.2 Å². The van der Waals surface area contributed by atoms with Crippen LogP contribution in [-0.2, 0) is 25.7 Å². The average Bonchev–Trinajstić information content (AvgIpc) is 2.88. The standard InChI is InChI=1S/C24H25F3N2/c1-16-6-11-21-20(14-16)19-4-2-5-22-23(19)29(21)13-3-12-28(22)15-17-7-9-18(10-8-17)24(25,26)27/h6-11,14,22H,2-5,12-13,15H2,1H3/t22-/m0/s1. The Kier molecular flexibility index (Phi) is 4.46. The van der Waals surface area contributed by atoms with Gasteiger partial charge in [0.2, 0.25) is 0 Å². The van der Waals surface area contributed by atoms with Crippen LogP contribution in [0.3, 0.4) is 0 Å². The number of alkyl halides is 3. The second kappa shape index (κ2) is 6.91. The van der Waals surface area contributed by atoms with Gasteiger partial charge >= 0.3 is 6.18 Å². The predicted octanol–water partition coefficient (Wildman–Crippen LogP) is 6.25. The molecular weight excluding hydrogens is 373 g/mol. The van der Waals surface area contributed by atoms with Crippen molar-refractivity contribution in [2.24, 2.45) is 0 Å². The van der Waals surface area contributed by atoms with E-state index in [2.05, 4.69) is 34.6 Å². The molecule has 0 unspecified atom stereocenters. The number of fused-ring (bicyclic) bond motifs is 3. The van der Waals surface area contributed by atoms with Crippen LogP contribution in [0.25, 0.3) is 10.9 Å². The van der Waals surface area contributed by atoms with Gasteiger partial charge in [0.05, 0.1) is 11.6 Å². The van der Waals surface area contributed by atoms with Gasteiger partial charge in [-0.1, -0.05) is 23.8 Å². The Morgan fingerprint density at radius 2 is 1.79 bits per heavy atom. The average molecular weight is 398 g/mol. The lowest BCUT2D eigenvalue weighted by Gasteiger charge is -2.33. The Labute approximate surface area is 168 Å². The molecule has 0 bridgehead atoms. The molecule has 1 aromatic heterocycles. The van der Waals surface area contributed by atoms with Crippen LogP contribution in [0.2, 0.25) is 0 Å². The minimum Gasteiger partial charge on any atom is -0.343 e. The third kappa shape index (κ3) is 3.25. The lowest BCUT2D eigenvalue weighted by molar-refractivity contribution is -0.137. The smallest absolute Gasteiger partial charge is 0.343 e. The Hall–Kier alpha value is -2.27. The first-order chi connectivity index (χ1) is 13.9. The summed E-state index contributed by atoms with van der Waals surface area (Å²) in [5.41, 5.74) is 5.93. The molecule has 2 heterocycles. The van der Waals surface area contributed by atoms with E-state index in [1.54, 1.807) is 12.1 Å². The molecule has 5 rings (SSSR count). The van der Waals surface area contributed by atoms with E-state index in [1.807, 2.05) is 0 Å². The zero-order chi connectivity index (χ0) is 20.2. The van der Waals surface area contributed by atoms with E-state index >= 15 is 0 Å². The monoisotopic (exact) mass is 398 g/mol. The number of rotatable bonds is 2. The highest BCUT2D eigenvalue weighted by Crippen LogP contribution is 2.42. The molecule has 5 heteroatoms. The quantitative estimate of drug-likeness (QED) is 0.495. The summed E-state index contributed by atoms with van der Waals surface area (Å²) in [5.74, 6) is 0. The fourth-order valence-electron chi connectivity index (χ4n) is 5.22. The van der Waals surface area contributed by atoms with Crippen molar-refractivity contribution in [1.82, 2.24) is 9.47 Å². The van der Waals surface area contributed by atoms with Crippen LogP contribution >= 0.6 is 0 Å². The van der Waals surface area contributed by atoms with E-state index in [9.17, 15) is 13.2 Å². The van der Waals surface area contributed by atoms with Crippen molar-refractivity contribution in [1.29, 1.82) is 0 Å². The molecule has 1 aliphatic carbocycles. The molecular formula is C24H25F3N2. The van der Waals surface area contributed by atoms with E-state index in [4.69, 9.17) is 0 Å². The number of benzene rings is 2. The number of aryl methyl sites for hydroxylation is 3. The first-order valence-corrected chi connectivity index (χ1v) is 10.4. The summed E-state index contributed by atoms with van der Waals surface area (Å²) in [5, 5.41) is 1.39. The molecule has 29 heavy (non-hydrogen) atoms. The lowest BCUT2D eigenvalue weighted by Crippen LogP contribution is -2.31. The minimum atomic E-state index is -4.28. The summed E-state index contributed by atoms with van der Waals surface area (Å²) in [7, 11) is 0. The third-order valence-electron chi connectivity index (χ3n) is 6.52. The van der Waals surface area contributed by atoms with Gasteiger partial charge in [0.1, 0.15) is 0 Å². The third-order valence-corrected chi connectivity index (χ3v) is 6.52. The van der Waals surface area contributed by atoms with Gasteiger partial charge in [0.15, 0.2) is 0 Å². The Morgan fingerprint density at radius 3 is 2.55 bits per heavy atom. The lowest BCUT2D eigenvalue weighted by atomic mass is 9.90. The van der Waals surface area contributed by atoms with Crippen molar-refractivity contribution in [2.75, 3.05) is 6.54 Å². The highest BCUT2D eigenvalue weighted by atomic mass is 19.4. The Morgan fingerprint density at radius 1 is 1.00 bits per heavy atom. The molecule has 2 aromatic carbocycles. The van der Waals surface area contributed by atoms with Gasteiger partial charge < -0.3 is 4.57 Å². The summed E-state index contributed by atoms with van der Waals surface area (Å²) in [6.45, 7) is 4.82. The zero-order valence-electron chi connectivity index (χ0n) is 16.6. The van der Waals surface area contributed by atoms with E-state index < -0.39 is 11.7 Å². The molecule has 1 aliphatic heterocycles. The molecule has 0 spiro atoms. The molecule has 2 nitrogen and oxygen atoms in total. The number of aromatic nitrogens is 1. The normalized spacial score (nSPS) is 19.9. The van der Waals surface area contributed by atoms with E-state index in [-0.39, 0.29) is 0 Å². The van der Waals surface area contributed by atoms with Crippen molar-refractivity contribution in [3.63, 3.8) is 0 Å². The van der Waals surface area contributed by atoms with Gasteiger partial charge in [0.25, 0.3) is 0 Å². The number of hydrogen-bond donors (Lipinski definition) is 0. The molecule has 0 N–H and O–H groups in total. The topological polar surface area (TPSA) is 8.17 Å². The highest BCUT2D eigenvalue weighted by Gasteiger charge is 2.34. The second-order valence-corrected chi connectivity index (χ2v) is 8.46. The first-order valence-electron chi connectivity index (χ1n) is 10.4. The van der Waals surface area contributed by atoms with E-state index in [1.165, 1.54) is 39.9 Å². The molecule has 0 fully saturated rings. The molecule has 152 valence electrons. The van der Waals surface area contributed by atoms with Crippen LogP contribution in [0.4, 0.5) is 13.2 Å². The number of nitrogens with zero attached hydrogens (tertiary/aromatic N) is 2. The van der Waals surface area contributed by atoms with Crippen LogP contribution in [-0.4, -0.2) is 16.0 Å².